The zero-order chi connectivity index (χ0) is 31.0. The van der Waals surface area contributed by atoms with Crippen LogP contribution in [0.3, 0.4) is 0 Å². The maximum atomic E-state index is 13.8. The molecule has 3 aliphatic carbocycles. The Kier molecular flexibility index (Phi) is 7.41. The monoisotopic (exact) mass is 586 g/mol. The first-order valence-electron chi connectivity index (χ1n) is 14.6. The lowest BCUT2D eigenvalue weighted by molar-refractivity contribution is -0.358. The molecule has 5 rings (SSSR count). The van der Waals surface area contributed by atoms with Crippen LogP contribution in [-0.2, 0) is 28.5 Å². The van der Waals surface area contributed by atoms with Gasteiger partial charge in [0.2, 0.25) is 0 Å². The second-order valence-corrected chi connectivity index (χ2v) is 13.4. The highest BCUT2D eigenvalue weighted by Crippen LogP contribution is 2.66. The number of benzene rings is 1. The van der Waals surface area contributed by atoms with E-state index >= 15 is 0 Å². The average molecular weight is 587 g/mol. The minimum Gasteiger partial charge on any atom is -0.455 e. The van der Waals surface area contributed by atoms with Gasteiger partial charge in [0.05, 0.1) is 24.2 Å². The molecule has 2 saturated carbocycles. The molecule has 3 fully saturated rings. The minimum atomic E-state index is -1.96. The molecule has 0 radical (unpaired) electrons. The maximum absolute atomic E-state index is 13.8. The standard InChI is InChI=1S/C32H42O10/c1-16-13-22-31(15-39-22,42-19(4)34)25-27(41-28(37)20-11-9-8-10-12-20)32(38)14-21(35)17(2)23(29(32,5)6)24(40-18(3)33)26(36)30(16,25)7/h8-12,16,21-22,24-27,35-36,38H,13-15H2,1-7H3/t16-,21-,22+,24+,25?,26+,27-,30+,31-,32+/m0/s1. The second-order valence-electron chi connectivity index (χ2n) is 13.4. The summed E-state index contributed by atoms with van der Waals surface area (Å²) in [5, 5.41) is 36.8. The highest BCUT2D eigenvalue weighted by Gasteiger charge is 2.77. The van der Waals surface area contributed by atoms with Crippen LogP contribution >= 0.6 is 0 Å². The van der Waals surface area contributed by atoms with Gasteiger partial charge in [-0.1, -0.05) is 45.9 Å². The number of rotatable bonds is 4. The van der Waals surface area contributed by atoms with Crippen molar-refractivity contribution in [2.24, 2.45) is 22.7 Å². The van der Waals surface area contributed by atoms with E-state index in [1.54, 1.807) is 58.0 Å². The highest BCUT2D eigenvalue weighted by atomic mass is 16.6. The van der Waals surface area contributed by atoms with Crippen LogP contribution < -0.4 is 0 Å². The van der Waals surface area contributed by atoms with Gasteiger partial charge < -0.3 is 34.3 Å². The zero-order valence-electron chi connectivity index (χ0n) is 25.2. The summed E-state index contributed by atoms with van der Waals surface area (Å²) < 4.78 is 24.2. The van der Waals surface area contributed by atoms with Gasteiger partial charge >= 0.3 is 17.9 Å². The Labute approximate surface area is 246 Å². The molecule has 10 atom stereocenters. The van der Waals surface area contributed by atoms with Crippen LogP contribution in [0, 0.1) is 22.7 Å². The van der Waals surface area contributed by atoms with Crippen LogP contribution in [0.15, 0.2) is 41.5 Å². The molecule has 1 saturated heterocycles. The average Bonchev–Trinajstić information content (AvgIpc) is 2.90. The lowest BCUT2D eigenvalue weighted by atomic mass is 9.43. The predicted octanol–water partition coefficient (Wildman–Crippen LogP) is 2.72. The number of carbonyl (C=O) groups excluding carboxylic acids is 3. The van der Waals surface area contributed by atoms with Crippen molar-refractivity contribution in [3.05, 3.63) is 47.0 Å². The van der Waals surface area contributed by atoms with Crippen LogP contribution in [0.2, 0.25) is 0 Å². The number of aliphatic hydroxyl groups excluding tert-OH is 2. The normalized spacial score (nSPS) is 42.1. The summed E-state index contributed by atoms with van der Waals surface area (Å²) in [6.07, 6.45) is -5.64. The Bertz CT molecular complexity index is 1310. The number of ether oxygens (including phenoxy) is 4. The molecule has 3 N–H and O–H groups in total. The third kappa shape index (κ3) is 4.17. The van der Waals surface area contributed by atoms with Gasteiger partial charge in [-0.25, -0.2) is 4.79 Å². The SMILES string of the molecule is CC(=O)O[C@@H]1C2=C(C)[C@@H](O)C[C@@](O)([C@@H](OC(=O)c3ccccc3)C3[C@](C)([C@@H]1O)[C@@H](C)C[C@H]1OC[C@@]31OC(C)=O)C2(C)C. The fourth-order valence-electron chi connectivity index (χ4n) is 8.46. The molecule has 1 unspecified atom stereocenters. The van der Waals surface area contributed by atoms with Gasteiger partial charge in [0.25, 0.3) is 0 Å². The largest absolute Gasteiger partial charge is 0.455 e. The molecule has 230 valence electrons. The first kappa shape index (κ1) is 30.7. The molecule has 1 aliphatic heterocycles. The molecule has 4 aliphatic rings. The minimum absolute atomic E-state index is 0.0463. The third-order valence-electron chi connectivity index (χ3n) is 10.9. The number of hydrogen-bond acceptors (Lipinski definition) is 10. The van der Waals surface area contributed by atoms with Crippen LogP contribution in [-0.4, -0.2) is 81.6 Å². The van der Waals surface area contributed by atoms with Crippen molar-refractivity contribution in [2.45, 2.75) is 103 Å². The Morgan fingerprint density at radius 2 is 1.64 bits per heavy atom. The molecule has 1 aromatic carbocycles. The van der Waals surface area contributed by atoms with E-state index in [1.165, 1.54) is 13.8 Å². The molecule has 1 heterocycles. The van der Waals surface area contributed by atoms with E-state index in [-0.39, 0.29) is 24.5 Å². The first-order chi connectivity index (χ1) is 19.5. The fourth-order valence-corrected chi connectivity index (χ4v) is 8.46. The van der Waals surface area contributed by atoms with Crippen LogP contribution in [0.25, 0.3) is 0 Å². The summed E-state index contributed by atoms with van der Waals surface area (Å²) in [6.45, 7) is 11.3. The lowest BCUT2D eigenvalue weighted by Crippen LogP contribution is -2.81. The molecule has 10 nitrogen and oxygen atoms in total. The predicted molar refractivity (Wildman–Crippen MR) is 149 cm³/mol. The zero-order valence-corrected chi connectivity index (χ0v) is 25.2. The van der Waals surface area contributed by atoms with E-state index in [0.29, 0.717) is 17.6 Å². The number of aliphatic hydroxyl groups is 3. The van der Waals surface area contributed by atoms with Gasteiger partial charge in [0.1, 0.15) is 23.9 Å². The molecule has 2 bridgehead atoms. The summed E-state index contributed by atoms with van der Waals surface area (Å²) in [7, 11) is 0. The van der Waals surface area contributed by atoms with Gasteiger partial charge in [0.15, 0.2) is 11.7 Å². The van der Waals surface area contributed by atoms with Crippen molar-refractivity contribution < 1.29 is 48.7 Å². The lowest BCUT2D eigenvalue weighted by Gasteiger charge is -2.69. The van der Waals surface area contributed by atoms with Crippen LogP contribution in [0.5, 0.6) is 0 Å². The summed E-state index contributed by atoms with van der Waals surface area (Å²) in [5.74, 6) is -3.30. The Hall–Kier alpha value is -2.79. The maximum Gasteiger partial charge on any atom is 0.338 e. The van der Waals surface area contributed by atoms with Crippen LogP contribution in [0.4, 0.5) is 0 Å². The Morgan fingerprint density at radius 1 is 1.00 bits per heavy atom. The van der Waals surface area contributed by atoms with E-state index in [2.05, 4.69) is 0 Å². The quantitative estimate of drug-likeness (QED) is 0.273. The smallest absolute Gasteiger partial charge is 0.338 e. The van der Waals surface area contributed by atoms with E-state index in [0.717, 1.165) is 0 Å². The van der Waals surface area contributed by atoms with E-state index < -0.39 is 76.4 Å². The van der Waals surface area contributed by atoms with Crippen molar-refractivity contribution in [3.8, 4) is 0 Å². The Balaban J connectivity index is 1.83. The summed E-state index contributed by atoms with van der Waals surface area (Å²) in [4.78, 5) is 38.9. The molecule has 0 spiro atoms. The van der Waals surface area contributed by atoms with Crippen LogP contribution in [0.1, 0.15) is 71.7 Å². The molecular weight excluding hydrogens is 544 g/mol. The number of hydrogen-bond donors (Lipinski definition) is 3. The van der Waals surface area contributed by atoms with Crippen molar-refractivity contribution in [3.63, 3.8) is 0 Å². The van der Waals surface area contributed by atoms with Gasteiger partial charge in [-0.05, 0) is 42.5 Å². The van der Waals surface area contributed by atoms with E-state index in [1.807, 2.05) is 6.92 Å². The van der Waals surface area contributed by atoms with E-state index in [4.69, 9.17) is 18.9 Å². The van der Waals surface area contributed by atoms with Gasteiger partial charge in [0, 0.05) is 31.1 Å². The molecule has 0 amide bonds. The van der Waals surface area contributed by atoms with Crippen molar-refractivity contribution in [2.75, 3.05) is 6.61 Å². The molecule has 1 aromatic rings. The van der Waals surface area contributed by atoms with Crippen molar-refractivity contribution in [1.82, 2.24) is 0 Å². The molecule has 42 heavy (non-hydrogen) atoms. The van der Waals surface area contributed by atoms with Crippen molar-refractivity contribution >= 4 is 17.9 Å². The Morgan fingerprint density at radius 3 is 2.19 bits per heavy atom. The van der Waals surface area contributed by atoms with Crippen molar-refractivity contribution in [1.29, 1.82) is 0 Å². The molecule has 10 heteroatoms. The van der Waals surface area contributed by atoms with E-state index in [9.17, 15) is 29.7 Å². The van der Waals surface area contributed by atoms with Gasteiger partial charge in [-0.2, -0.15) is 0 Å². The molecule has 0 aromatic heterocycles. The topological polar surface area (TPSA) is 149 Å². The summed E-state index contributed by atoms with van der Waals surface area (Å²) in [6, 6.07) is 8.34. The molecular formula is C32H42O10. The second kappa shape index (κ2) is 10.1. The summed E-state index contributed by atoms with van der Waals surface area (Å²) in [5.41, 5.74) is -4.78. The van der Waals surface area contributed by atoms with Gasteiger partial charge in [-0.15, -0.1) is 0 Å². The highest BCUT2D eigenvalue weighted by molar-refractivity contribution is 5.89. The summed E-state index contributed by atoms with van der Waals surface area (Å²) >= 11 is 0. The first-order valence-corrected chi connectivity index (χ1v) is 14.6. The number of fused-ring (bicyclic) bond motifs is 5. The fraction of sp³-hybridized carbons (Fsp3) is 0.656. The van der Waals surface area contributed by atoms with Gasteiger partial charge in [-0.3, -0.25) is 9.59 Å². The number of carbonyl (C=O) groups is 3. The third-order valence-corrected chi connectivity index (χ3v) is 10.9. The number of esters is 3.